The summed E-state index contributed by atoms with van der Waals surface area (Å²) >= 11 is 0. The van der Waals surface area contributed by atoms with E-state index in [9.17, 15) is 18.0 Å². The molecule has 0 radical (unpaired) electrons. The first kappa shape index (κ1) is 15.9. The Morgan fingerprint density at radius 2 is 1.86 bits per heavy atom. The van der Waals surface area contributed by atoms with Gasteiger partial charge in [-0.25, -0.2) is 4.79 Å². The fourth-order valence-electron chi connectivity index (χ4n) is 1.95. The molecule has 22 heavy (non-hydrogen) atoms. The van der Waals surface area contributed by atoms with Crippen LogP contribution < -0.4 is 0 Å². The number of hydrogen-bond donors (Lipinski definition) is 0. The Morgan fingerprint density at radius 3 is 2.50 bits per heavy atom. The molecule has 0 aliphatic rings. The molecule has 0 aliphatic heterocycles. The van der Waals surface area contributed by atoms with Crippen LogP contribution in [0.25, 0.3) is 16.9 Å². The second-order valence-corrected chi connectivity index (χ2v) is 4.56. The van der Waals surface area contributed by atoms with Gasteiger partial charge in [-0.2, -0.15) is 13.2 Å². The number of hydrogen-bond acceptors (Lipinski definition) is 3. The topological polar surface area (TPSA) is 39.4 Å². The first-order valence-corrected chi connectivity index (χ1v) is 6.36. The summed E-state index contributed by atoms with van der Waals surface area (Å²) in [5.74, 6) is -0.177. The number of ether oxygens (including phenoxy) is 1. The number of halogens is 3. The summed E-state index contributed by atoms with van der Waals surface area (Å²) in [6.07, 6.45) is -3.27. The molecular formula is C16H13F3O3. The van der Waals surface area contributed by atoms with E-state index in [0.717, 1.165) is 6.07 Å². The number of benzene rings is 1. The highest BCUT2D eigenvalue weighted by molar-refractivity contribution is 5.90. The third kappa shape index (κ3) is 3.39. The van der Waals surface area contributed by atoms with Gasteiger partial charge in [0.05, 0.1) is 12.7 Å². The average Bonchev–Trinajstić information content (AvgIpc) is 2.96. The van der Waals surface area contributed by atoms with Crippen molar-refractivity contribution in [1.29, 1.82) is 0 Å². The summed E-state index contributed by atoms with van der Waals surface area (Å²) in [6.45, 7) is 1.61. The summed E-state index contributed by atoms with van der Waals surface area (Å²) in [5.41, 5.74) is -0.361. The minimum Gasteiger partial charge on any atom is -0.466 e. The normalized spacial score (nSPS) is 12.3. The van der Waals surface area contributed by atoms with Crippen molar-refractivity contribution in [2.45, 2.75) is 13.1 Å². The van der Waals surface area contributed by atoms with Gasteiger partial charge < -0.3 is 9.15 Å². The molecule has 0 saturated carbocycles. The fourth-order valence-corrected chi connectivity index (χ4v) is 1.95. The smallest absolute Gasteiger partial charge is 0.417 e. The highest BCUT2D eigenvalue weighted by Crippen LogP contribution is 2.38. The molecule has 2 aromatic rings. The Balaban J connectivity index is 2.42. The lowest BCUT2D eigenvalue weighted by atomic mass is 10.1. The van der Waals surface area contributed by atoms with Crippen molar-refractivity contribution in [2.24, 2.45) is 0 Å². The van der Waals surface area contributed by atoms with Crippen LogP contribution in [0.5, 0.6) is 0 Å². The summed E-state index contributed by atoms with van der Waals surface area (Å²) in [4.78, 5) is 11.2. The summed E-state index contributed by atoms with van der Waals surface area (Å²) in [6, 6.07) is 8.10. The van der Waals surface area contributed by atoms with E-state index in [4.69, 9.17) is 4.42 Å². The van der Waals surface area contributed by atoms with Crippen LogP contribution in [0.2, 0.25) is 0 Å². The molecular weight excluding hydrogens is 297 g/mol. The van der Waals surface area contributed by atoms with Gasteiger partial charge in [0.1, 0.15) is 11.5 Å². The molecule has 0 unspecified atom stereocenters. The van der Waals surface area contributed by atoms with Crippen molar-refractivity contribution in [3.05, 3.63) is 53.8 Å². The van der Waals surface area contributed by atoms with E-state index in [2.05, 4.69) is 4.74 Å². The monoisotopic (exact) mass is 310 g/mol. The highest BCUT2D eigenvalue weighted by atomic mass is 19.4. The van der Waals surface area contributed by atoms with Crippen molar-refractivity contribution in [3.63, 3.8) is 0 Å². The molecule has 3 nitrogen and oxygen atoms in total. The first-order valence-electron chi connectivity index (χ1n) is 6.36. The van der Waals surface area contributed by atoms with Gasteiger partial charge in [-0.15, -0.1) is 0 Å². The van der Waals surface area contributed by atoms with Gasteiger partial charge in [0.25, 0.3) is 0 Å². The van der Waals surface area contributed by atoms with Crippen LogP contribution >= 0.6 is 0 Å². The van der Waals surface area contributed by atoms with Gasteiger partial charge in [0.2, 0.25) is 0 Å². The molecule has 1 aromatic carbocycles. The van der Waals surface area contributed by atoms with Gasteiger partial charge in [-0.3, -0.25) is 0 Å². The van der Waals surface area contributed by atoms with E-state index < -0.39 is 17.7 Å². The molecule has 1 heterocycles. The molecule has 116 valence electrons. The lowest BCUT2D eigenvalue weighted by molar-refractivity contribution is -0.137. The average molecular weight is 310 g/mol. The minimum absolute atomic E-state index is 0.0490. The predicted molar refractivity (Wildman–Crippen MR) is 74.8 cm³/mol. The zero-order valence-electron chi connectivity index (χ0n) is 11.9. The Morgan fingerprint density at radius 1 is 1.18 bits per heavy atom. The van der Waals surface area contributed by atoms with Crippen molar-refractivity contribution in [3.8, 4) is 11.3 Å². The largest absolute Gasteiger partial charge is 0.466 e. The van der Waals surface area contributed by atoms with Crippen molar-refractivity contribution in [2.75, 3.05) is 7.11 Å². The highest BCUT2D eigenvalue weighted by Gasteiger charge is 2.34. The van der Waals surface area contributed by atoms with Crippen LogP contribution in [-0.2, 0) is 15.7 Å². The molecule has 0 saturated heterocycles. The Kier molecular flexibility index (Phi) is 4.40. The lowest BCUT2D eigenvalue weighted by Gasteiger charge is -2.10. The molecule has 6 heteroatoms. The molecule has 0 aliphatic carbocycles. The number of carbonyl (C=O) groups is 1. The Bertz CT molecular complexity index is 711. The van der Waals surface area contributed by atoms with Crippen LogP contribution in [0.1, 0.15) is 18.2 Å². The lowest BCUT2D eigenvalue weighted by Crippen LogP contribution is -2.06. The van der Waals surface area contributed by atoms with E-state index in [1.165, 1.54) is 43.5 Å². The van der Waals surface area contributed by atoms with Crippen LogP contribution in [0.3, 0.4) is 0 Å². The van der Waals surface area contributed by atoms with Crippen molar-refractivity contribution >= 4 is 11.5 Å². The van der Waals surface area contributed by atoms with E-state index in [1.54, 1.807) is 6.92 Å². The number of carbonyl (C=O) groups excluding carboxylic acids is 1. The number of furan rings is 1. The van der Waals surface area contributed by atoms with Crippen molar-refractivity contribution < 1.29 is 27.1 Å². The molecule has 0 fully saturated rings. The van der Waals surface area contributed by atoms with Crippen LogP contribution in [0.4, 0.5) is 13.2 Å². The predicted octanol–water partition coefficient (Wildman–Crippen LogP) is 4.54. The second kappa shape index (κ2) is 6.09. The Labute approximate surface area is 125 Å². The molecule has 0 amide bonds. The molecule has 0 spiro atoms. The van der Waals surface area contributed by atoms with E-state index in [0.29, 0.717) is 11.3 Å². The third-order valence-corrected chi connectivity index (χ3v) is 3.03. The van der Waals surface area contributed by atoms with Crippen molar-refractivity contribution in [1.82, 2.24) is 0 Å². The van der Waals surface area contributed by atoms with E-state index >= 15 is 0 Å². The number of methoxy groups -OCH3 is 1. The molecule has 2 rings (SSSR count). The van der Waals surface area contributed by atoms with Crippen LogP contribution in [-0.4, -0.2) is 13.1 Å². The molecule has 0 bridgehead atoms. The fraction of sp³-hybridized carbons (Fsp3) is 0.188. The van der Waals surface area contributed by atoms with Gasteiger partial charge in [-0.05, 0) is 30.7 Å². The van der Waals surface area contributed by atoms with Gasteiger partial charge >= 0.3 is 12.1 Å². The van der Waals surface area contributed by atoms with E-state index in [1.807, 2.05) is 0 Å². The SMILES string of the molecule is COC(=O)/C=C(\C)c1ccc(-c2ccccc2C(F)(F)F)o1. The zero-order valence-corrected chi connectivity index (χ0v) is 11.9. The summed E-state index contributed by atoms with van der Waals surface area (Å²) in [5, 5.41) is 0. The van der Waals surface area contributed by atoms with E-state index in [-0.39, 0.29) is 11.3 Å². The summed E-state index contributed by atoms with van der Waals surface area (Å²) < 4.78 is 48.9. The Hall–Kier alpha value is -2.50. The molecule has 0 atom stereocenters. The number of rotatable bonds is 3. The molecule has 0 N–H and O–H groups in total. The molecule has 1 aromatic heterocycles. The first-order chi connectivity index (χ1) is 10.3. The second-order valence-electron chi connectivity index (χ2n) is 4.56. The van der Waals surface area contributed by atoms with Gasteiger partial charge in [-0.1, -0.05) is 18.2 Å². The maximum Gasteiger partial charge on any atom is 0.417 e. The van der Waals surface area contributed by atoms with Crippen LogP contribution in [0.15, 0.2) is 46.9 Å². The number of esters is 1. The number of allylic oxidation sites excluding steroid dienone is 1. The number of alkyl halides is 3. The summed E-state index contributed by atoms with van der Waals surface area (Å²) in [7, 11) is 1.24. The quantitative estimate of drug-likeness (QED) is 0.617. The standard InChI is InChI=1S/C16H13F3O3/c1-10(9-15(20)21-2)13-7-8-14(22-13)11-5-3-4-6-12(11)16(17,18)19/h3-9H,1-2H3/b10-9+. The van der Waals surface area contributed by atoms with Crippen LogP contribution in [0, 0.1) is 0 Å². The zero-order chi connectivity index (χ0) is 16.3. The minimum atomic E-state index is -4.47. The maximum atomic E-state index is 13.0. The maximum absolute atomic E-state index is 13.0. The van der Waals surface area contributed by atoms with Gasteiger partial charge in [0.15, 0.2) is 0 Å². The van der Waals surface area contributed by atoms with Gasteiger partial charge in [0, 0.05) is 11.6 Å². The third-order valence-electron chi connectivity index (χ3n) is 3.03.